The van der Waals surface area contributed by atoms with Crippen molar-refractivity contribution >= 4 is 5.91 Å². The minimum Gasteiger partial charge on any atom is -0.497 e. The highest BCUT2D eigenvalue weighted by molar-refractivity contribution is 5.77. The fourth-order valence-corrected chi connectivity index (χ4v) is 1.87. The molecule has 0 radical (unpaired) electrons. The maximum Gasteiger partial charge on any atom is 0.258 e. The molecule has 1 amide bonds. The maximum absolute atomic E-state index is 11.8. The van der Waals surface area contributed by atoms with E-state index in [2.05, 4.69) is 5.32 Å². The summed E-state index contributed by atoms with van der Waals surface area (Å²) in [6.07, 6.45) is 0. The first kappa shape index (κ1) is 15.7. The number of amides is 1. The van der Waals surface area contributed by atoms with Crippen molar-refractivity contribution in [3.8, 4) is 17.2 Å². The molecule has 0 aliphatic heterocycles. The quantitative estimate of drug-likeness (QED) is 0.853. The molecule has 0 aliphatic rings. The summed E-state index contributed by atoms with van der Waals surface area (Å²) in [5.41, 5.74) is 0.967. The molecule has 0 aliphatic carbocycles. The van der Waals surface area contributed by atoms with Crippen molar-refractivity contribution in [2.24, 2.45) is 0 Å². The van der Waals surface area contributed by atoms with Crippen molar-refractivity contribution in [3.63, 3.8) is 0 Å². The van der Waals surface area contributed by atoms with E-state index >= 15 is 0 Å². The van der Waals surface area contributed by atoms with E-state index in [1.165, 1.54) is 0 Å². The fourth-order valence-electron chi connectivity index (χ4n) is 1.87. The number of hydrogen-bond donors (Lipinski definition) is 1. The summed E-state index contributed by atoms with van der Waals surface area (Å²) in [6, 6.07) is 14.7. The van der Waals surface area contributed by atoms with Gasteiger partial charge in [0.15, 0.2) is 6.61 Å². The Labute approximate surface area is 129 Å². The van der Waals surface area contributed by atoms with E-state index in [0.29, 0.717) is 18.0 Å². The molecule has 22 heavy (non-hydrogen) atoms. The van der Waals surface area contributed by atoms with Gasteiger partial charge in [0.25, 0.3) is 5.91 Å². The van der Waals surface area contributed by atoms with E-state index in [1.807, 2.05) is 36.4 Å². The van der Waals surface area contributed by atoms with Crippen molar-refractivity contribution in [3.05, 3.63) is 54.1 Å². The number of benzene rings is 2. The van der Waals surface area contributed by atoms with Gasteiger partial charge in [0.05, 0.1) is 14.2 Å². The van der Waals surface area contributed by atoms with Gasteiger partial charge in [-0.25, -0.2) is 0 Å². The number of hydrogen-bond acceptors (Lipinski definition) is 4. The summed E-state index contributed by atoms with van der Waals surface area (Å²) in [7, 11) is 3.19. The van der Waals surface area contributed by atoms with Crippen LogP contribution in [0.25, 0.3) is 0 Å². The van der Waals surface area contributed by atoms with E-state index in [9.17, 15) is 4.79 Å². The van der Waals surface area contributed by atoms with Crippen molar-refractivity contribution in [1.82, 2.24) is 5.32 Å². The van der Waals surface area contributed by atoms with Crippen LogP contribution in [0.4, 0.5) is 0 Å². The third kappa shape index (κ3) is 4.70. The lowest BCUT2D eigenvalue weighted by Crippen LogP contribution is -2.28. The molecule has 0 heterocycles. The van der Waals surface area contributed by atoms with Gasteiger partial charge in [0.2, 0.25) is 0 Å². The van der Waals surface area contributed by atoms with Crippen LogP contribution in [0.1, 0.15) is 5.56 Å². The Morgan fingerprint density at radius 1 is 0.955 bits per heavy atom. The second-order valence-electron chi connectivity index (χ2n) is 4.60. The molecule has 2 rings (SSSR count). The summed E-state index contributed by atoms with van der Waals surface area (Å²) >= 11 is 0. The maximum atomic E-state index is 11.8. The number of carbonyl (C=O) groups excluding carboxylic acids is 1. The third-order valence-corrected chi connectivity index (χ3v) is 3.03. The van der Waals surface area contributed by atoms with Crippen LogP contribution >= 0.6 is 0 Å². The lowest BCUT2D eigenvalue weighted by molar-refractivity contribution is -0.123. The first-order valence-electron chi connectivity index (χ1n) is 6.88. The Kier molecular flexibility index (Phi) is 5.65. The molecule has 5 heteroatoms. The molecule has 0 spiro atoms. The lowest BCUT2D eigenvalue weighted by atomic mass is 10.2. The highest BCUT2D eigenvalue weighted by Gasteiger charge is 2.04. The van der Waals surface area contributed by atoms with Crippen molar-refractivity contribution < 1.29 is 19.0 Å². The van der Waals surface area contributed by atoms with Crippen LogP contribution < -0.4 is 19.5 Å². The van der Waals surface area contributed by atoms with Crippen LogP contribution in [-0.4, -0.2) is 26.7 Å². The summed E-state index contributed by atoms with van der Waals surface area (Å²) in [6.45, 7) is 0.384. The number of methoxy groups -OCH3 is 2. The average Bonchev–Trinajstić information content (AvgIpc) is 2.58. The predicted molar refractivity (Wildman–Crippen MR) is 83.3 cm³/mol. The molecule has 116 valence electrons. The van der Waals surface area contributed by atoms with Gasteiger partial charge in [-0.1, -0.05) is 18.2 Å². The Balaban J connectivity index is 1.80. The number of rotatable bonds is 7. The molecular weight excluding hydrogens is 282 g/mol. The van der Waals surface area contributed by atoms with Gasteiger partial charge in [-0.15, -0.1) is 0 Å². The highest BCUT2D eigenvalue weighted by Crippen LogP contribution is 2.18. The van der Waals surface area contributed by atoms with Gasteiger partial charge in [-0.05, 0) is 29.8 Å². The Morgan fingerprint density at radius 2 is 1.59 bits per heavy atom. The van der Waals surface area contributed by atoms with Crippen molar-refractivity contribution in [2.75, 3.05) is 20.8 Å². The Hall–Kier alpha value is -2.69. The Bertz CT molecular complexity index is 574. The zero-order valence-corrected chi connectivity index (χ0v) is 12.7. The minimum atomic E-state index is -0.189. The van der Waals surface area contributed by atoms with Crippen LogP contribution in [0.15, 0.2) is 48.5 Å². The molecule has 0 aromatic heterocycles. The molecular formula is C17H19NO4. The standard InChI is InChI=1S/C17H19NO4/c1-20-14-6-3-5-13(9-14)11-18-17(19)12-22-16-8-4-7-15(10-16)21-2/h3-10H,11-12H2,1-2H3,(H,18,19). The van der Waals surface area contributed by atoms with E-state index in [4.69, 9.17) is 14.2 Å². The van der Waals surface area contributed by atoms with E-state index in [-0.39, 0.29) is 12.5 Å². The van der Waals surface area contributed by atoms with Crippen LogP contribution in [-0.2, 0) is 11.3 Å². The van der Waals surface area contributed by atoms with Crippen LogP contribution in [0.3, 0.4) is 0 Å². The lowest BCUT2D eigenvalue weighted by Gasteiger charge is -2.09. The molecule has 0 unspecified atom stereocenters. The highest BCUT2D eigenvalue weighted by atomic mass is 16.5. The van der Waals surface area contributed by atoms with E-state index < -0.39 is 0 Å². The zero-order chi connectivity index (χ0) is 15.8. The summed E-state index contributed by atoms with van der Waals surface area (Å²) in [5.74, 6) is 1.86. The smallest absolute Gasteiger partial charge is 0.258 e. The molecule has 0 saturated carbocycles. The monoisotopic (exact) mass is 301 g/mol. The number of nitrogens with one attached hydrogen (secondary N) is 1. The molecule has 1 N–H and O–H groups in total. The number of carbonyl (C=O) groups is 1. The predicted octanol–water partition coefficient (Wildman–Crippen LogP) is 2.40. The van der Waals surface area contributed by atoms with Crippen molar-refractivity contribution in [2.45, 2.75) is 6.54 Å². The zero-order valence-electron chi connectivity index (χ0n) is 12.7. The van der Waals surface area contributed by atoms with Crippen LogP contribution in [0.5, 0.6) is 17.2 Å². The van der Waals surface area contributed by atoms with Gasteiger partial charge >= 0.3 is 0 Å². The normalized spacial score (nSPS) is 9.91. The van der Waals surface area contributed by atoms with Gasteiger partial charge in [0, 0.05) is 12.6 Å². The molecule has 5 nitrogen and oxygen atoms in total. The Morgan fingerprint density at radius 3 is 2.32 bits per heavy atom. The van der Waals surface area contributed by atoms with Gasteiger partial charge in [-0.2, -0.15) is 0 Å². The molecule has 0 bridgehead atoms. The van der Waals surface area contributed by atoms with Crippen molar-refractivity contribution in [1.29, 1.82) is 0 Å². The summed E-state index contributed by atoms with van der Waals surface area (Å²) in [4.78, 5) is 11.8. The second-order valence-corrected chi connectivity index (χ2v) is 4.60. The molecule has 0 fully saturated rings. The average molecular weight is 301 g/mol. The van der Waals surface area contributed by atoms with Crippen LogP contribution in [0, 0.1) is 0 Å². The second kappa shape index (κ2) is 7.93. The SMILES string of the molecule is COc1cccc(CNC(=O)COc2cccc(OC)c2)c1. The molecule has 0 saturated heterocycles. The molecule has 0 atom stereocenters. The van der Waals surface area contributed by atoms with Gasteiger partial charge < -0.3 is 19.5 Å². The largest absolute Gasteiger partial charge is 0.497 e. The number of ether oxygens (including phenoxy) is 3. The van der Waals surface area contributed by atoms with Gasteiger partial charge in [-0.3, -0.25) is 4.79 Å². The van der Waals surface area contributed by atoms with E-state index in [0.717, 1.165) is 11.3 Å². The van der Waals surface area contributed by atoms with Crippen LogP contribution in [0.2, 0.25) is 0 Å². The molecule has 2 aromatic carbocycles. The van der Waals surface area contributed by atoms with E-state index in [1.54, 1.807) is 26.4 Å². The summed E-state index contributed by atoms with van der Waals surface area (Å²) in [5, 5.41) is 2.80. The topological polar surface area (TPSA) is 56.8 Å². The minimum absolute atomic E-state index is 0.0445. The summed E-state index contributed by atoms with van der Waals surface area (Å²) < 4.78 is 15.7. The third-order valence-electron chi connectivity index (χ3n) is 3.03. The first-order chi connectivity index (χ1) is 10.7. The van der Waals surface area contributed by atoms with Gasteiger partial charge in [0.1, 0.15) is 17.2 Å². The molecule has 2 aromatic rings. The fraction of sp³-hybridized carbons (Fsp3) is 0.235. The first-order valence-corrected chi connectivity index (χ1v) is 6.88.